The Hall–Kier alpha value is -1.23. The standard InChI is InChI=1S/C14H13Cl2NO2S/c1-9-6-12(17)3-5-14(9)20(18,19)8-10-7-11(15)2-4-13(10)16/h2-7H,8,17H2,1H3. The van der Waals surface area contributed by atoms with Gasteiger partial charge in [0.05, 0.1) is 10.6 Å². The number of aryl methyl sites for hydroxylation is 1. The van der Waals surface area contributed by atoms with Crippen molar-refractivity contribution in [3.8, 4) is 0 Å². The lowest BCUT2D eigenvalue weighted by atomic mass is 10.2. The summed E-state index contributed by atoms with van der Waals surface area (Å²) in [7, 11) is -3.50. The molecule has 0 spiro atoms. The van der Waals surface area contributed by atoms with Crippen LogP contribution in [0.3, 0.4) is 0 Å². The van der Waals surface area contributed by atoms with Crippen molar-refractivity contribution in [3.05, 3.63) is 57.6 Å². The van der Waals surface area contributed by atoms with Crippen molar-refractivity contribution in [2.75, 3.05) is 5.73 Å². The summed E-state index contributed by atoms with van der Waals surface area (Å²) in [5, 5.41) is 0.833. The van der Waals surface area contributed by atoms with Crippen LogP contribution in [0.25, 0.3) is 0 Å². The average molecular weight is 330 g/mol. The van der Waals surface area contributed by atoms with Crippen molar-refractivity contribution < 1.29 is 8.42 Å². The lowest BCUT2D eigenvalue weighted by Gasteiger charge is -2.10. The minimum atomic E-state index is -3.50. The normalized spacial score (nSPS) is 11.6. The van der Waals surface area contributed by atoms with Gasteiger partial charge in [0.15, 0.2) is 9.84 Å². The van der Waals surface area contributed by atoms with E-state index < -0.39 is 9.84 Å². The molecular formula is C14H13Cl2NO2S. The van der Waals surface area contributed by atoms with Gasteiger partial charge in [0, 0.05) is 15.7 Å². The molecule has 0 aliphatic carbocycles. The number of anilines is 1. The Kier molecular flexibility index (Phi) is 4.28. The summed E-state index contributed by atoms with van der Waals surface area (Å²) < 4.78 is 24.9. The Morgan fingerprint density at radius 2 is 1.80 bits per heavy atom. The first kappa shape index (κ1) is 15.2. The van der Waals surface area contributed by atoms with E-state index in [0.29, 0.717) is 26.9 Å². The van der Waals surface area contributed by atoms with E-state index in [0.717, 1.165) is 0 Å². The van der Waals surface area contributed by atoms with Crippen LogP contribution in [0.5, 0.6) is 0 Å². The third kappa shape index (κ3) is 3.26. The number of rotatable bonds is 3. The van der Waals surface area contributed by atoms with E-state index in [1.165, 1.54) is 6.07 Å². The quantitative estimate of drug-likeness (QED) is 0.870. The highest BCUT2D eigenvalue weighted by atomic mass is 35.5. The lowest BCUT2D eigenvalue weighted by molar-refractivity contribution is 0.594. The Morgan fingerprint density at radius 1 is 1.10 bits per heavy atom. The summed E-state index contributed by atoms with van der Waals surface area (Å²) in [5.74, 6) is -0.197. The van der Waals surface area contributed by atoms with Crippen molar-refractivity contribution in [2.45, 2.75) is 17.6 Å². The van der Waals surface area contributed by atoms with Crippen LogP contribution in [0.4, 0.5) is 5.69 Å². The zero-order chi connectivity index (χ0) is 14.9. The van der Waals surface area contributed by atoms with Gasteiger partial charge >= 0.3 is 0 Å². The Balaban J connectivity index is 2.43. The number of hydrogen-bond acceptors (Lipinski definition) is 3. The second-order valence-corrected chi connectivity index (χ2v) is 7.32. The van der Waals surface area contributed by atoms with E-state index in [9.17, 15) is 8.42 Å². The molecule has 0 bridgehead atoms. The number of nitrogen functional groups attached to an aromatic ring is 1. The van der Waals surface area contributed by atoms with Gasteiger partial charge in [0.1, 0.15) is 0 Å². The fraction of sp³-hybridized carbons (Fsp3) is 0.143. The third-order valence-corrected chi connectivity index (χ3v) is 5.31. The van der Waals surface area contributed by atoms with Crippen LogP contribution < -0.4 is 5.73 Å². The molecule has 0 fully saturated rings. The van der Waals surface area contributed by atoms with Crippen molar-refractivity contribution in [3.63, 3.8) is 0 Å². The molecule has 2 rings (SSSR count). The second kappa shape index (κ2) is 5.64. The molecule has 2 aromatic rings. The molecule has 0 amide bonds. The SMILES string of the molecule is Cc1cc(N)ccc1S(=O)(=O)Cc1cc(Cl)ccc1Cl. The molecule has 0 saturated carbocycles. The number of halogens is 2. The maximum Gasteiger partial charge on any atom is 0.182 e. The number of hydrogen-bond donors (Lipinski definition) is 1. The van der Waals surface area contributed by atoms with Crippen molar-refractivity contribution in [2.24, 2.45) is 0 Å². The van der Waals surface area contributed by atoms with Gasteiger partial charge in [0.25, 0.3) is 0 Å². The molecule has 0 radical (unpaired) electrons. The Labute approximate surface area is 128 Å². The van der Waals surface area contributed by atoms with E-state index in [-0.39, 0.29) is 10.6 Å². The van der Waals surface area contributed by atoms with Crippen LogP contribution in [-0.2, 0) is 15.6 Å². The van der Waals surface area contributed by atoms with Crippen LogP contribution in [0.1, 0.15) is 11.1 Å². The molecule has 0 heterocycles. The zero-order valence-corrected chi connectivity index (χ0v) is 13.1. The van der Waals surface area contributed by atoms with Gasteiger partial charge in [-0.1, -0.05) is 23.2 Å². The van der Waals surface area contributed by atoms with Gasteiger partial charge in [-0.3, -0.25) is 0 Å². The van der Waals surface area contributed by atoms with E-state index >= 15 is 0 Å². The number of sulfone groups is 1. The Bertz CT molecular complexity index is 758. The molecule has 0 saturated heterocycles. The van der Waals surface area contributed by atoms with Gasteiger partial charge in [-0.05, 0) is 54.4 Å². The topological polar surface area (TPSA) is 60.2 Å². The summed E-state index contributed by atoms with van der Waals surface area (Å²) in [4.78, 5) is 0.253. The zero-order valence-electron chi connectivity index (χ0n) is 10.7. The third-order valence-electron chi connectivity index (χ3n) is 2.89. The van der Waals surface area contributed by atoms with Gasteiger partial charge in [-0.2, -0.15) is 0 Å². The maximum absolute atomic E-state index is 12.5. The average Bonchev–Trinajstić information content (AvgIpc) is 2.33. The molecule has 0 unspecified atom stereocenters. The van der Waals surface area contributed by atoms with Crippen LogP contribution in [0, 0.1) is 6.92 Å². The summed E-state index contributed by atoms with van der Waals surface area (Å²) in [6.07, 6.45) is 0. The summed E-state index contributed by atoms with van der Waals surface area (Å²) in [5.41, 5.74) is 7.26. The van der Waals surface area contributed by atoms with Gasteiger partial charge in [-0.15, -0.1) is 0 Å². The van der Waals surface area contributed by atoms with Crippen molar-refractivity contribution in [1.82, 2.24) is 0 Å². The molecule has 106 valence electrons. The largest absolute Gasteiger partial charge is 0.399 e. The fourth-order valence-electron chi connectivity index (χ4n) is 1.96. The summed E-state index contributed by atoms with van der Waals surface area (Å²) in [6.45, 7) is 1.71. The molecule has 2 N–H and O–H groups in total. The lowest BCUT2D eigenvalue weighted by Crippen LogP contribution is -2.07. The van der Waals surface area contributed by atoms with Crippen LogP contribution >= 0.6 is 23.2 Å². The van der Waals surface area contributed by atoms with E-state index in [1.807, 2.05) is 0 Å². The summed E-state index contributed by atoms with van der Waals surface area (Å²) in [6, 6.07) is 9.48. The minimum absolute atomic E-state index is 0.197. The molecule has 20 heavy (non-hydrogen) atoms. The molecule has 6 heteroatoms. The van der Waals surface area contributed by atoms with Crippen LogP contribution in [-0.4, -0.2) is 8.42 Å². The van der Waals surface area contributed by atoms with E-state index in [4.69, 9.17) is 28.9 Å². The predicted molar refractivity (Wildman–Crippen MR) is 82.9 cm³/mol. The molecule has 0 aliphatic heterocycles. The number of benzene rings is 2. The molecule has 0 atom stereocenters. The minimum Gasteiger partial charge on any atom is -0.399 e. The first-order valence-electron chi connectivity index (χ1n) is 5.82. The molecule has 3 nitrogen and oxygen atoms in total. The highest BCUT2D eigenvalue weighted by Crippen LogP contribution is 2.27. The molecule has 2 aromatic carbocycles. The van der Waals surface area contributed by atoms with Gasteiger partial charge in [-0.25, -0.2) is 8.42 Å². The van der Waals surface area contributed by atoms with E-state index in [1.54, 1.807) is 37.3 Å². The van der Waals surface area contributed by atoms with Gasteiger partial charge < -0.3 is 5.73 Å². The molecule has 0 aromatic heterocycles. The highest BCUT2D eigenvalue weighted by molar-refractivity contribution is 7.90. The van der Waals surface area contributed by atoms with Crippen LogP contribution in [0.2, 0.25) is 10.0 Å². The molecule has 0 aliphatic rings. The van der Waals surface area contributed by atoms with Crippen molar-refractivity contribution in [1.29, 1.82) is 0 Å². The van der Waals surface area contributed by atoms with Gasteiger partial charge in [0.2, 0.25) is 0 Å². The first-order chi connectivity index (χ1) is 9.29. The first-order valence-corrected chi connectivity index (χ1v) is 8.23. The van der Waals surface area contributed by atoms with E-state index in [2.05, 4.69) is 0 Å². The smallest absolute Gasteiger partial charge is 0.182 e. The Morgan fingerprint density at radius 3 is 2.45 bits per heavy atom. The fourth-order valence-corrected chi connectivity index (χ4v) is 4.04. The predicted octanol–water partition coefficient (Wildman–Crippen LogP) is 3.86. The maximum atomic E-state index is 12.5. The summed E-state index contributed by atoms with van der Waals surface area (Å²) >= 11 is 11.9. The second-order valence-electron chi connectivity index (χ2n) is 4.52. The van der Waals surface area contributed by atoms with Crippen molar-refractivity contribution >= 4 is 38.7 Å². The van der Waals surface area contributed by atoms with Crippen LogP contribution in [0.15, 0.2) is 41.3 Å². The highest BCUT2D eigenvalue weighted by Gasteiger charge is 2.19. The monoisotopic (exact) mass is 329 g/mol. The molecular weight excluding hydrogens is 317 g/mol. The number of nitrogens with two attached hydrogens (primary N) is 1.